The summed E-state index contributed by atoms with van der Waals surface area (Å²) < 4.78 is 5.92. The molecule has 25 heavy (non-hydrogen) atoms. The van der Waals surface area contributed by atoms with Gasteiger partial charge in [-0.1, -0.05) is 44.2 Å². The van der Waals surface area contributed by atoms with Gasteiger partial charge in [0.2, 0.25) is 0 Å². The van der Waals surface area contributed by atoms with Gasteiger partial charge in [0.15, 0.2) is 5.96 Å². The Kier molecular flexibility index (Phi) is 11.1. The van der Waals surface area contributed by atoms with Crippen LogP contribution in [0.2, 0.25) is 0 Å². The first-order valence-electron chi connectivity index (χ1n) is 9.34. The van der Waals surface area contributed by atoms with E-state index >= 15 is 0 Å². The number of likely N-dealkylation sites (tertiary alicyclic amines) is 1. The van der Waals surface area contributed by atoms with Crippen LogP contribution in [0.1, 0.15) is 39.2 Å². The number of nitrogens with one attached hydrogen (secondary N) is 1. The van der Waals surface area contributed by atoms with E-state index in [1.807, 2.05) is 6.07 Å². The molecule has 142 valence electrons. The molecule has 0 spiro atoms. The number of hydrogen-bond donors (Lipinski definition) is 1. The van der Waals surface area contributed by atoms with Crippen molar-refractivity contribution < 1.29 is 4.74 Å². The molecule has 0 amide bonds. The molecule has 1 aromatic rings. The lowest BCUT2D eigenvalue weighted by atomic mass is 10.1. The van der Waals surface area contributed by atoms with E-state index in [0.717, 1.165) is 45.2 Å². The number of benzene rings is 1. The number of aliphatic imine (C=N–C) groups is 1. The smallest absolute Gasteiger partial charge is 0.193 e. The van der Waals surface area contributed by atoms with Crippen LogP contribution >= 0.6 is 24.0 Å². The Morgan fingerprint density at radius 3 is 2.76 bits per heavy atom. The van der Waals surface area contributed by atoms with Gasteiger partial charge in [-0.25, -0.2) is 0 Å². The summed E-state index contributed by atoms with van der Waals surface area (Å²) in [5, 5.41) is 3.44. The van der Waals surface area contributed by atoms with Crippen molar-refractivity contribution in [3.05, 3.63) is 35.9 Å². The molecule has 5 heteroatoms. The molecule has 0 aromatic heterocycles. The number of halogens is 1. The fourth-order valence-electron chi connectivity index (χ4n) is 2.93. The zero-order chi connectivity index (χ0) is 17.2. The van der Waals surface area contributed by atoms with Crippen LogP contribution in [0.25, 0.3) is 0 Å². The molecular formula is C20H34IN3O. The Morgan fingerprint density at radius 1 is 1.32 bits per heavy atom. The van der Waals surface area contributed by atoms with E-state index in [1.165, 1.54) is 12.0 Å². The number of rotatable bonds is 8. The molecule has 0 bridgehead atoms. The summed E-state index contributed by atoms with van der Waals surface area (Å²) in [6.45, 7) is 12.1. The van der Waals surface area contributed by atoms with Crippen LogP contribution in [-0.2, 0) is 11.3 Å². The molecule has 1 unspecified atom stereocenters. The Morgan fingerprint density at radius 2 is 2.08 bits per heavy atom. The standard InChI is InChI=1S/C20H33N3O.HI/c1-4-21-20(22-12-10-17(2)3)23-13-11-19(14-23)16-24-15-18-8-6-5-7-9-18;/h5-9,17,19H,4,10-16H2,1-3H3,(H,21,22);1H. The van der Waals surface area contributed by atoms with Gasteiger partial charge in [-0.15, -0.1) is 24.0 Å². The molecule has 1 aliphatic rings. The maximum atomic E-state index is 5.92. The average Bonchev–Trinajstić information content (AvgIpc) is 3.03. The summed E-state index contributed by atoms with van der Waals surface area (Å²) in [5.41, 5.74) is 1.25. The highest BCUT2D eigenvalue weighted by molar-refractivity contribution is 14.0. The maximum Gasteiger partial charge on any atom is 0.193 e. The minimum absolute atomic E-state index is 0. The number of ether oxygens (including phenoxy) is 1. The highest BCUT2D eigenvalue weighted by Gasteiger charge is 2.24. The minimum atomic E-state index is 0. The molecule has 1 N–H and O–H groups in total. The predicted octanol–water partition coefficient (Wildman–Crippen LogP) is 4.15. The molecule has 4 nitrogen and oxygen atoms in total. The van der Waals surface area contributed by atoms with Crippen molar-refractivity contribution in [3.63, 3.8) is 0 Å². The Bertz CT molecular complexity index is 493. The second-order valence-corrected chi connectivity index (χ2v) is 7.02. The summed E-state index contributed by atoms with van der Waals surface area (Å²) in [4.78, 5) is 7.18. The first-order valence-corrected chi connectivity index (χ1v) is 9.34. The van der Waals surface area contributed by atoms with Crippen molar-refractivity contribution in [2.24, 2.45) is 16.8 Å². The highest BCUT2D eigenvalue weighted by Crippen LogP contribution is 2.17. The monoisotopic (exact) mass is 459 g/mol. The van der Waals surface area contributed by atoms with Crippen molar-refractivity contribution in [1.82, 2.24) is 10.2 Å². The summed E-state index contributed by atoms with van der Waals surface area (Å²) in [6.07, 6.45) is 2.33. The van der Waals surface area contributed by atoms with E-state index in [-0.39, 0.29) is 24.0 Å². The zero-order valence-electron chi connectivity index (χ0n) is 15.9. The third kappa shape index (κ3) is 8.40. The molecule has 1 saturated heterocycles. The van der Waals surface area contributed by atoms with Crippen molar-refractivity contribution in [2.45, 2.75) is 40.2 Å². The van der Waals surface area contributed by atoms with Crippen LogP contribution in [0.5, 0.6) is 0 Å². The second-order valence-electron chi connectivity index (χ2n) is 7.02. The van der Waals surface area contributed by atoms with Gasteiger partial charge in [0.25, 0.3) is 0 Å². The Labute approximate surface area is 170 Å². The molecule has 2 rings (SSSR count). The first kappa shape index (κ1) is 22.2. The van der Waals surface area contributed by atoms with Gasteiger partial charge in [0.05, 0.1) is 13.2 Å². The van der Waals surface area contributed by atoms with Gasteiger partial charge in [-0.2, -0.15) is 0 Å². The van der Waals surface area contributed by atoms with E-state index in [0.29, 0.717) is 18.4 Å². The van der Waals surface area contributed by atoms with Crippen LogP contribution in [0.3, 0.4) is 0 Å². The molecule has 1 heterocycles. The van der Waals surface area contributed by atoms with Crippen LogP contribution in [0, 0.1) is 11.8 Å². The van der Waals surface area contributed by atoms with Gasteiger partial charge in [-0.3, -0.25) is 4.99 Å². The van der Waals surface area contributed by atoms with Crippen molar-refractivity contribution >= 4 is 29.9 Å². The van der Waals surface area contributed by atoms with Crippen LogP contribution in [0.4, 0.5) is 0 Å². The van der Waals surface area contributed by atoms with Crippen molar-refractivity contribution in [3.8, 4) is 0 Å². The van der Waals surface area contributed by atoms with E-state index in [1.54, 1.807) is 0 Å². The molecule has 1 atom stereocenters. The van der Waals surface area contributed by atoms with Gasteiger partial charge in [0, 0.05) is 32.1 Å². The lowest BCUT2D eigenvalue weighted by molar-refractivity contribution is 0.0907. The third-order valence-corrected chi connectivity index (χ3v) is 4.35. The number of nitrogens with zero attached hydrogens (tertiary/aromatic N) is 2. The molecule has 1 aliphatic heterocycles. The van der Waals surface area contributed by atoms with Crippen LogP contribution < -0.4 is 5.32 Å². The minimum Gasteiger partial charge on any atom is -0.376 e. The molecule has 1 aromatic carbocycles. The molecular weight excluding hydrogens is 425 g/mol. The van der Waals surface area contributed by atoms with Gasteiger partial charge < -0.3 is 15.0 Å². The van der Waals surface area contributed by atoms with Gasteiger partial charge >= 0.3 is 0 Å². The summed E-state index contributed by atoms with van der Waals surface area (Å²) in [5.74, 6) is 2.38. The molecule has 0 aliphatic carbocycles. The lowest BCUT2D eigenvalue weighted by Crippen LogP contribution is -2.40. The normalized spacial score (nSPS) is 17.7. The second kappa shape index (κ2) is 12.5. The highest BCUT2D eigenvalue weighted by atomic mass is 127. The van der Waals surface area contributed by atoms with E-state index in [2.05, 4.69) is 55.3 Å². The van der Waals surface area contributed by atoms with Crippen molar-refractivity contribution in [1.29, 1.82) is 0 Å². The molecule has 0 saturated carbocycles. The molecule has 1 fully saturated rings. The summed E-state index contributed by atoms with van der Waals surface area (Å²) in [7, 11) is 0. The molecule has 0 radical (unpaired) electrons. The van der Waals surface area contributed by atoms with Crippen molar-refractivity contribution in [2.75, 3.05) is 32.8 Å². The average molecular weight is 459 g/mol. The summed E-state index contributed by atoms with van der Waals surface area (Å²) >= 11 is 0. The Balaban J connectivity index is 0.00000312. The first-order chi connectivity index (χ1) is 11.7. The van der Waals surface area contributed by atoms with Crippen LogP contribution in [0.15, 0.2) is 35.3 Å². The van der Waals surface area contributed by atoms with E-state index in [4.69, 9.17) is 9.73 Å². The lowest BCUT2D eigenvalue weighted by Gasteiger charge is -2.22. The van der Waals surface area contributed by atoms with Gasteiger partial charge in [-0.05, 0) is 31.2 Å². The van der Waals surface area contributed by atoms with Gasteiger partial charge in [0.1, 0.15) is 0 Å². The maximum absolute atomic E-state index is 5.92. The number of guanidine groups is 1. The largest absolute Gasteiger partial charge is 0.376 e. The zero-order valence-corrected chi connectivity index (χ0v) is 18.2. The fourth-order valence-corrected chi connectivity index (χ4v) is 2.93. The van der Waals surface area contributed by atoms with E-state index in [9.17, 15) is 0 Å². The number of hydrogen-bond acceptors (Lipinski definition) is 2. The predicted molar refractivity (Wildman–Crippen MR) is 117 cm³/mol. The third-order valence-electron chi connectivity index (χ3n) is 4.35. The van der Waals surface area contributed by atoms with Crippen LogP contribution in [-0.4, -0.2) is 43.6 Å². The Hall–Kier alpha value is -0.820. The quantitative estimate of drug-likeness (QED) is 0.361. The SMILES string of the molecule is CCNC(=NCCC(C)C)N1CCC(COCc2ccccc2)C1.I. The topological polar surface area (TPSA) is 36.9 Å². The van der Waals surface area contributed by atoms with E-state index < -0.39 is 0 Å². The summed E-state index contributed by atoms with van der Waals surface area (Å²) in [6, 6.07) is 10.4. The fraction of sp³-hybridized carbons (Fsp3) is 0.650.